The quantitative estimate of drug-likeness (QED) is 0.322. The smallest absolute Gasteiger partial charge is 0.328 e. The Hall–Kier alpha value is -0.770. The van der Waals surface area contributed by atoms with Crippen LogP contribution in [0.4, 0.5) is 4.79 Å². The standard InChI is InChI=1S/C5H13N3O/c1-2-3-4-8(7)5(6)9/h2-4,7H2,1H3,(H2,6,9). The number of hydrazine groups is 1. The summed E-state index contributed by atoms with van der Waals surface area (Å²) in [5, 5.41) is 1.02. The van der Waals surface area contributed by atoms with Crippen molar-refractivity contribution in [1.29, 1.82) is 0 Å². The second kappa shape index (κ2) is 4.14. The summed E-state index contributed by atoms with van der Waals surface area (Å²) in [7, 11) is 0. The van der Waals surface area contributed by atoms with Crippen molar-refractivity contribution < 1.29 is 4.79 Å². The third kappa shape index (κ3) is 3.78. The van der Waals surface area contributed by atoms with Crippen molar-refractivity contribution in [2.24, 2.45) is 11.6 Å². The molecular weight excluding hydrogens is 118 g/mol. The van der Waals surface area contributed by atoms with E-state index in [1.807, 2.05) is 6.92 Å². The number of amides is 2. The first-order chi connectivity index (χ1) is 4.18. The highest BCUT2D eigenvalue weighted by Gasteiger charge is 1.99. The Morgan fingerprint density at radius 3 is 2.56 bits per heavy atom. The molecule has 0 fully saturated rings. The topological polar surface area (TPSA) is 72.3 Å². The number of nitrogens with two attached hydrogens (primary N) is 2. The van der Waals surface area contributed by atoms with Crippen LogP contribution in [0.3, 0.4) is 0 Å². The van der Waals surface area contributed by atoms with Gasteiger partial charge < -0.3 is 5.73 Å². The Morgan fingerprint density at radius 1 is 1.67 bits per heavy atom. The van der Waals surface area contributed by atoms with E-state index in [1.165, 1.54) is 0 Å². The molecule has 0 unspecified atom stereocenters. The van der Waals surface area contributed by atoms with Crippen molar-refractivity contribution in [3.63, 3.8) is 0 Å². The van der Waals surface area contributed by atoms with Gasteiger partial charge in [0.05, 0.1) is 0 Å². The summed E-state index contributed by atoms with van der Waals surface area (Å²) < 4.78 is 0. The molecule has 4 nitrogen and oxygen atoms in total. The lowest BCUT2D eigenvalue weighted by molar-refractivity contribution is 0.208. The van der Waals surface area contributed by atoms with Crippen LogP contribution >= 0.6 is 0 Å². The van der Waals surface area contributed by atoms with Gasteiger partial charge in [0.2, 0.25) is 0 Å². The van der Waals surface area contributed by atoms with Crippen LogP contribution in [0.15, 0.2) is 0 Å². The lowest BCUT2D eigenvalue weighted by Crippen LogP contribution is -2.41. The van der Waals surface area contributed by atoms with E-state index in [2.05, 4.69) is 0 Å². The van der Waals surface area contributed by atoms with Crippen molar-refractivity contribution in [3.8, 4) is 0 Å². The number of primary amides is 1. The third-order valence-corrected chi connectivity index (χ3v) is 1.04. The van der Waals surface area contributed by atoms with Crippen LogP contribution in [0.5, 0.6) is 0 Å². The van der Waals surface area contributed by atoms with Gasteiger partial charge in [-0.15, -0.1) is 0 Å². The fourth-order valence-corrected chi connectivity index (χ4v) is 0.439. The van der Waals surface area contributed by atoms with E-state index in [9.17, 15) is 4.79 Å². The molecule has 0 rings (SSSR count). The molecule has 2 amide bonds. The maximum atomic E-state index is 10.2. The summed E-state index contributed by atoms with van der Waals surface area (Å²) in [6.45, 7) is 2.57. The molecule has 0 radical (unpaired) electrons. The normalized spacial score (nSPS) is 9.11. The molecule has 0 spiro atoms. The van der Waals surface area contributed by atoms with Gasteiger partial charge in [0.25, 0.3) is 0 Å². The van der Waals surface area contributed by atoms with E-state index in [-0.39, 0.29) is 0 Å². The Morgan fingerprint density at radius 2 is 2.22 bits per heavy atom. The molecule has 0 aromatic carbocycles. The molecule has 0 aliphatic carbocycles. The molecule has 9 heavy (non-hydrogen) atoms. The Kier molecular flexibility index (Phi) is 3.79. The number of hydrogen-bond acceptors (Lipinski definition) is 2. The molecule has 0 saturated heterocycles. The zero-order valence-electron chi connectivity index (χ0n) is 5.63. The largest absolute Gasteiger partial charge is 0.350 e. The Bertz CT molecular complexity index is 94.2. The van der Waals surface area contributed by atoms with Gasteiger partial charge in [0.1, 0.15) is 0 Å². The van der Waals surface area contributed by atoms with Gasteiger partial charge in [-0.2, -0.15) is 0 Å². The number of hydrogen-bond donors (Lipinski definition) is 2. The third-order valence-electron chi connectivity index (χ3n) is 1.04. The van der Waals surface area contributed by atoms with Crippen molar-refractivity contribution in [3.05, 3.63) is 0 Å². The van der Waals surface area contributed by atoms with Crippen LogP contribution < -0.4 is 11.6 Å². The zero-order valence-corrected chi connectivity index (χ0v) is 5.63. The second-order valence-electron chi connectivity index (χ2n) is 1.89. The predicted molar refractivity (Wildman–Crippen MR) is 35.4 cm³/mol. The second-order valence-corrected chi connectivity index (χ2v) is 1.89. The maximum Gasteiger partial charge on any atom is 0.328 e. The predicted octanol–water partition coefficient (Wildman–Crippen LogP) is 0.0409. The fraction of sp³-hybridized carbons (Fsp3) is 0.800. The average molecular weight is 131 g/mol. The number of nitrogens with zero attached hydrogens (tertiary/aromatic N) is 1. The van der Waals surface area contributed by atoms with Gasteiger partial charge in [0.15, 0.2) is 0 Å². The van der Waals surface area contributed by atoms with Gasteiger partial charge in [0, 0.05) is 6.54 Å². The van der Waals surface area contributed by atoms with Crippen LogP contribution in [0, 0.1) is 0 Å². The van der Waals surface area contributed by atoms with Crippen LogP contribution in [0.2, 0.25) is 0 Å². The summed E-state index contributed by atoms with van der Waals surface area (Å²) >= 11 is 0. The van der Waals surface area contributed by atoms with E-state index in [1.54, 1.807) is 0 Å². The number of unbranched alkanes of at least 4 members (excludes halogenated alkanes) is 1. The van der Waals surface area contributed by atoms with Gasteiger partial charge in [-0.25, -0.2) is 10.6 Å². The highest BCUT2D eigenvalue weighted by Crippen LogP contribution is 1.87. The molecule has 0 aliphatic heterocycles. The lowest BCUT2D eigenvalue weighted by Gasteiger charge is -2.11. The van der Waals surface area contributed by atoms with E-state index < -0.39 is 6.03 Å². The van der Waals surface area contributed by atoms with Crippen molar-refractivity contribution in [2.45, 2.75) is 19.8 Å². The Balaban J connectivity index is 3.27. The summed E-state index contributed by atoms with van der Waals surface area (Å²) in [5.74, 6) is 5.16. The molecule has 0 heterocycles. The van der Waals surface area contributed by atoms with Gasteiger partial charge in [-0.3, -0.25) is 5.01 Å². The van der Waals surface area contributed by atoms with Crippen LogP contribution in [0.1, 0.15) is 19.8 Å². The zero-order chi connectivity index (χ0) is 7.28. The highest BCUT2D eigenvalue weighted by molar-refractivity contribution is 5.71. The minimum Gasteiger partial charge on any atom is -0.350 e. The van der Waals surface area contributed by atoms with E-state index in [0.717, 1.165) is 17.9 Å². The monoisotopic (exact) mass is 131 g/mol. The molecule has 0 saturated carbocycles. The summed E-state index contributed by atoms with van der Waals surface area (Å²) in [6, 6.07) is -0.566. The van der Waals surface area contributed by atoms with Gasteiger partial charge in [-0.1, -0.05) is 13.3 Å². The first kappa shape index (κ1) is 8.23. The molecule has 0 bridgehead atoms. The number of rotatable bonds is 3. The highest BCUT2D eigenvalue weighted by atomic mass is 16.2. The molecule has 0 aliphatic rings. The van der Waals surface area contributed by atoms with Crippen LogP contribution in [-0.2, 0) is 0 Å². The van der Waals surface area contributed by atoms with Crippen molar-refractivity contribution in [2.75, 3.05) is 6.54 Å². The molecule has 54 valence electrons. The number of urea groups is 1. The summed E-state index contributed by atoms with van der Waals surface area (Å²) in [5.41, 5.74) is 4.84. The minimum atomic E-state index is -0.566. The van der Waals surface area contributed by atoms with Crippen molar-refractivity contribution >= 4 is 6.03 Å². The molecule has 4 N–H and O–H groups in total. The van der Waals surface area contributed by atoms with E-state index in [4.69, 9.17) is 11.6 Å². The van der Waals surface area contributed by atoms with E-state index >= 15 is 0 Å². The summed E-state index contributed by atoms with van der Waals surface area (Å²) in [4.78, 5) is 10.2. The number of carbonyl (C=O) groups is 1. The SMILES string of the molecule is CCCCN(N)C(N)=O. The minimum absolute atomic E-state index is 0.547. The average Bonchev–Trinajstić information content (AvgIpc) is 1.82. The molecule has 0 atom stereocenters. The molecule has 4 heteroatoms. The van der Waals surface area contributed by atoms with E-state index in [0.29, 0.717) is 6.54 Å². The lowest BCUT2D eigenvalue weighted by atomic mass is 10.3. The maximum absolute atomic E-state index is 10.2. The first-order valence-electron chi connectivity index (χ1n) is 3.00. The van der Waals surface area contributed by atoms with Gasteiger partial charge in [-0.05, 0) is 6.42 Å². The van der Waals surface area contributed by atoms with Gasteiger partial charge >= 0.3 is 6.03 Å². The Labute approximate surface area is 54.8 Å². The van der Waals surface area contributed by atoms with Crippen LogP contribution in [0.25, 0.3) is 0 Å². The fourth-order valence-electron chi connectivity index (χ4n) is 0.439. The first-order valence-corrected chi connectivity index (χ1v) is 3.00. The summed E-state index contributed by atoms with van der Waals surface area (Å²) in [6.07, 6.45) is 1.92. The molecule has 0 aromatic heterocycles. The molecule has 0 aromatic rings. The molecular formula is C5H13N3O. The van der Waals surface area contributed by atoms with Crippen molar-refractivity contribution in [1.82, 2.24) is 5.01 Å². The van der Waals surface area contributed by atoms with Crippen LogP contribution in [-0.4, -0.2) is 17.6 Å². The number of carbonyl (C=O) groups excluding carboxylic acids is 1.